The van der Waals surface area contributed by atoms with Crippen LogP contribution in [0.1, 0.15) is 39.9 Å². The molecule has 1 aliphatic rings. The van der Waals surface area contributed by atoms with Crippen LogP contribution in [0.15, 0.2) is 6.07 Å². The molecule has 2 heterocycles. The molecule has 1 unspecified atom stereocenters. The first-order valence-electron chi connectivity index (χ1n) is 8.08. The zero-order valence-corrected chi connectivity index (χ0v) is 13.7. The standard InChI is InChI=1S/C16H28N4O/c1-5-17-14-9-16(19-15(18-14)11-21-6-2)20-8-7-13(10-20)12(3)4/h9,12-13H,5-8,10-11H2,1-4H3,(H,17,18,19). The van der Waals surface area contributed by atoms with Gasteiger partial charge in [0, 0.05) is 32.3 Å². The van der Waals surface area contributed by atoms with Crippen molar-refractivity contribution in [1.29, 1.82) is 0 Å². The second-order valence-electron chi connectivity index (χ2n) is 5.93. The van der Waals surface area contributed by atoms with E-state index in [1.165, 1.54) is 6.42 Å². The fraction of sp³-hybridized carbons (Fsp3) is 0.750. The molecule has 0 aliphatic carbocycles. The number of nitrogens with one attached hydrogen (secondary N) is 1. The van der Waals surface area contributed by atoms with Crippen molar-refractivity contribution in [2.24, 2.45) is 11.8 Å². The van der Waals surface area contributed by atoms with E-state index in [1.54, 1.807) is 0 Å². The summed E-state index contributed by atoms with van der Waals surface area (Å²) in [6.45, 7) is 12.9. The molecule has 1 aromatic heterocycles. The third kappa shape index (κ3) is 4.30. The predicted octanol–water partition coefficient (Wildman–Crippen LogP) is 2.93. The monoisotopic (exact) mass is 292 g/mol. The molecule has 2 rings (SSSR count). The average Bonchev–Trinajstić information content (AvgIpc) is 2.95. The Balaban J connectivity index is 2.15. The van der Waals surface area contributed by atoms with E-state index in [2.05, 4.69) is 47.0 Å². The summed E-state index contributed by atoms with van der Waals surface area (Å²) < 4.78 is 5.46. The van der Waals surface area contributed by atoms with Gasteiger partial charge < -0.3 is 15.0 Å². The van der Waals surface area contributed by atoms with Crippen LogP contribution in [0.2, 0.25) is 0 Å². The van der Waals surface area contributed by atoms with Crippen LogP contribution < -0.4 is 10.2 Å². The van der Waals surface area contributed by atoms with E-state index in [-0.39, 0.29) is 0 Å². The third-order valence-corrected chi connectivity index (χ3v) is 4.04. The van der Waals surface area contributed by atoms with Crippen LogP contribution in [-0.4, -0.2) is 36.2 Å². The minimum Gasteiger partial charge on any atom is -0.374 e. The van der Waals surface area contributed by atoms with E-state index in [4.69, 9.17) is 4.74 Å². The lowest BCUT2D eigenvalue weighted by Gasteiger charge is -2.20. The summed E-state index contributed by atoms with van der Waals surface area (Å²) in [7, 11) is 0. The van der Waals surface area contributed by atoms with E-state index in [9.17, 15) is 0 Å². The Morgan fingerprint density at radius 2 is 2.19 bits per heavy atom. The molecule has 0 bridgehead atoms. The largest absolute Gasteiger partial charge is 0.374 e. The molecule has 0 spiro atoms. The summed E-state index contributed by atoms with van der Waals surface area (Å²) in [5.41, 5.74) is 0. The summed E-state index contributed by atoms with van der Waals surface area (Å²) in [5.74, 6) is 4.17. The van der Waals surface area contributed by atoms with E-state index < -0.39 is 0 Å². The van der Waals surface area contributed by atoms with Gasteiger partial charge in [-0.15, -0.1) is 0 Å². The van der Waals surface area contributed by atoms with Crippen LogP contribution in [0.4, 0.5) is 11.6 Å². The van der Waals surface area contributed by atoms with Gasteiger partial charge in [0.15, 0.2) is 5.82 Å². The van der Waals surface area contributed by atoms with Crippen LogP contribution in [0.25, 0.3) is 0 Å². The lowest BCUT2D eigenvalue weighted by molar-refractivity contribution is 0.128. The number of rotatable bonds is 7. The van der Waals surface area contributed by atoms with E-state index >= 15 is 0 Å². The molecule has 1 aromatic rings. The SMILES string of the molecule is CCNc1cc(N2CCC(C(C)C)C2)nc(COCC)n1. The summed E-state index contributed by atoms with van der Waals surface area (Å²) in [6, 6.07) is 2.06. The van der Waals surface area contributed by atoms with Gasteiger partial charge in [-0.05, 0) is 32.1 Å². The van der Waals surface area contributed by atoms with Gasteiger partial charge in [0.05, 0.1) is 0 Å². The average molecular weight is 292 g/mol. The highest BCUT2D eigenvalue weighted by molar-refractivity contribution is 5.50. The second-order valence-corrected chi connectivity index (χ2v) is 5.93. The highest BCUT2D eigenvalue weighted by atomic mass is 16.5. The molecule has 118 valence electrons. The molecule has 0 aromatic carbocycles. The summed E-state index contributed by atoms with van der Waals surface area (Å²) in [6.07, 6.45) is 1.25. The second kappa shape index (κ2) is 7.59. The molecule has 1 fully saturated rings. The first-order valence-corrected chi connectivity index (χ1v) is 8.08. The molecule has 21 heavy (non-hydrogen) atoms. The van der Waals surface area contributed by atoms with Crippen molar-refractivity contribution in [2.45, 2.75) is 40.7 Å². The van der Waals surface area contributed by atoms with Gasteiger partial charge >= 0.3 is 0 Å². The number of ether oxygens (including phenoxy) is 1. The maximum atomic E-state index is 5.46. The summed E-state index contributed by atoms with van der Waals surface area (Å²) >= 11 is 0. The van der Waals surface area contributed by atoms with Gasteiger partial charge in [-0.3, -0.25) is 0 Å². The van der Waals surface area contributed by atoms with Crippen molar-refractivity contribution < 1.29 is 4.74 Å². The molecule has 1 N–H and O–H groups in total. The molecule has 5 nitrogen and oxygen atoms in total. The van der Waals surface area contributed by atoms with Crippen molar-refractivity contribution in [3.8, 4) is 0 Å². The third-order valence-electron chi connectivity index (χ3n) is 4.04. The van der Waals surface area contributed by atoms with Crippen LogP contribution in [0.3, 0.4) is 0 Å². The van der Waals surface area contributed by atoms with E-state index in [0.717, 1.165) is 48.9 Å². The minimum atomic E-state index is 0.476. The van der Waals surface area contributed by atoms with Crippen molar-refractivity contribution in [3.05, 3.63) is 11.9 Å². The van der Waals surface area contributed by atoms with Crippen molar-refractivity contribution in [2.75, 3.05) is 36.5 Å². The van der Waals surface area contributed by atoms with Crippen LogP contribution in [-0.2, 0) is 11.3 Å². The number of hydrogen-bond donors (Lipinski definition) is 1. The lowest BCUT2D eigenvalue weighted by Crippen LogP contribution is -2.23. The first kappa shape index (κ1) is 16.0. The van der Waals surface area contributed by atoms with Gasteiger partial charge in [0.2, 0.25) is 0 Å². The maximum Gasteiger partial charge on any atom is 0.158 e. The van der Waals surface area contributed by atoms with Crippen molar-refractivity contribution >= 4 is 11.6 Å². The molecule has 0 radical (unpaired) electrons. The zero-order chi connectivity index (χ0) is 15.2. The number of anilines is 2. The number of nitrogens with zero attached hydrogens (tertiary/aromatic N) is 3. The molecular formula is C16H28N4O. The maximum absolute atomic E-state index is 5.46. The quantitative estimate of drug-likeness (QED) is 0.837. The Labute approximate surface area is 128 Å². The van der Waals surface area contributed by atoms with Crippen LogP contribution >= 0.6 is 0 Å². The minimum absolute atomic E-state index is 0.476. The van der Waals surface area contributed by atoms with Crippen LogP contribution in [0, 0.1) is 11.8 Å². The molecule has 0 amide bonds. The fourth-order valence-corrected chi connectivity index (χ4v) is 2.71. The first-order chi connectivity index (χ1) is 10.1. The topological polar surface area (TPSA) is 50.3 Å². The van der Waals surface area contributed by atoms with Gasteiger partial charge in [0.1, 0.15) is 18.2 Å². The molecule has 1 saturated heterocycles. The fourth-order valence-electron chi connectivity index (χ4n) is 2.71. The molecule has 1 aliphatic heterocycles. The highest BCUT2D eigenvalue weighted by Crippen LogP contribution is 2.28. The Morgan fingerprint density at radius 3 is 2.81 bits per heavy atom. The summed E-state index contributed by atoms with van der Waals surface area (Å²) in [4.78, 5) is 11.6. The van der Waals surface area contributed by atoms with Crippen LogP contribution in [0.5, 0.6) is 0 Å². The molecular weight excluding hydrogens is 264 g/mol. The van der Waals surface area contributed by atoms with Gasteiger partial charge in [-0.25, -0.2) is 9.97 Å². The molecule has 0 saturated carbocycles. The zero-order valence-electron chi connectivity index (χ0n) is 13.7. The summed E-state index contributed by atoms with van der Waals surface area (Å²) in [5, 5.41) is 3.29. The van der Waals surface area contributed by atoms with Gasteiger partial charge in [-0.2, -0.15) is 0 Å². The van der Waals surface area contributed by atoms with E-state index in [1.807, 2.05) is 6.92 Å². The Morgan fingerprint density at radius 1 is 1.38 bits per heavy atom. The Hall–Kier alpha value is -1.36. The molecule has 5 heteroatoms. The number of hydrogen-bond acceptors (Lipinski definition) is 5. The van der Waals surface area contributed by atoms with Crippen molar-refractivity contribution in [3.63, 3.8) is 0 Å². The number of aromatic nitrogens is 2. The predicted molar refractivity (Wildman–Crippen MR) is 86.7 cm³/mol. The Kier molecular flexibility index (Phi) is 5.79. The smallest absolute Gasteiger partial charge is 0.158 e. The lowest BCUT2D eigenvalue weighted by atomic mass is 9.95. The normalized spacial score (nSPS) is 18.5. The van der Waals surface area contributed by atoms with Gasteiger partial charge in [-0.1, -0.05) is 13.8 Å². The highest BCUT2D eigenvalue weighted by Gasteiger charge is 2.26. The van der Waals surface area contributed by atoms with Crippen molar-refractivity contribution in [1.82, 2.24) is 9.97 Å². The molecule has 1 atom stereocenters. The van der Waals surface area contributed by atoms with Gasteiger partial charge in [0.25, 0.3) is 0 Å². The van der Waals surface area contributed by atoms with E-state index in [0.29, 0.717) is 13.2 Å². The Bertz CT molecular complexity index is 450.